The minimum atomic E-state index is 0.725. The second-order valence-electron chi connectivity index (χ2n) is 11.6. The molecule has 0 atom stereocenters. The average molecular weight is 577 g/mol. The van der Waals surface area contributed by atoms with Crippen LogP contribution in [0.3, 0.4) is 0 Å². The molecule has 45 heavy (non-hydrogen) atoms. The van der Waals surface area contributed by atoms with E-state index >= 15 is 0 Å². The van der Waals surface area contributed by atoms with Gasteiger partial charge in [-0.2, -0.15) is 0 Å². The van der Waals surface area contributed by atoms with E-state index < -0.39 is 0 Å². The Morgan fingerprint density at radius 1 is 0.400 bits per heavy atom. The largest absolute Gasteiger partial charge is 0.309 e. The van der Waals surface area contributed by atoms with Crippen molar-refractivity contribution in [3.05, 3.63) is 157 Å². The summed E-state index contributed by atoms with van der Waals surface area (Å²) in [6, 6.07) is 53.8. The highest BCUT2D eigenvalue weighted by atomic mass is 15.1. The van der Waals surface area contributed by atoms with Gasteiger partial charge < -0.3 is 4.57 Å². The van der Waals surface area contributed by atoms with Gasteiger partial charge in [-0.1, -0.05) is 103 Å². The van der Waals surface area contributed by atoms with Gasteiger partial charge in [-0.25, -0.2) is 9.97 Å². The lowest BCUT2D eigenvalue weighted by Gasteiger charge is -2.11. The first-order valence-electron chi connectivity index (χ1n) is 15.3. The highest BCUT2D eigenvalue weighted by Gasteiger charge is 2.18. The topological polar surface area (TPSA) is 35.6 Å². The molecule has 0 aliphatic heterocycles. The molecule has 9 aromatic rings. The fraction of sp³-hybridized carbons (Fsp3) is 0.0244. The Morgan fingerprint density at radius 2 is 0.956 bits per heavy atom. The maximum Gasteiger partial charge on any atom is 0.161 e. The molecule has 0 radical (unpaired) electrons. The lowest BCUT2D eigenvalue weighted by Crippen LogP contribution is -2.02. The number of nitrogens with zero attached hydrogens (tertiary/aromatic N) is 4. The first kappa shape index (κ1) is 25.5. The molecule has 0 bridgehead atoms. The van der Waals surface area contributed by atoms with Crippen molar-refractivity contribution in [1.29, 1.82) is 0 Å². The molecule has 0 saturated heterocycles. The molecule has 0 aliphatic carbocycles. The maximum atomic E-state index is 5.13. The van der Waals surface area contributed by atoms with E-state index in [1.165, 1.54) is 43.7 Å². The van der Waals surface area contributed by atoms with Crippen molar-refractivity contribution in [2.24, 2.45) is 0 Å². The Bertz CT molecular complexity index is 2490. The number of aryl methyl sites for hydroxylation is 1. The molecular formula is C41H28N4. The normalized spacial score (nSPS) is 11.7. The summed E-state index contributed by atoms with van der Waals surface area (Å²) in [7, 11) is 0. The number of fused-ring (bicyclic) bond motifs is 6. The predicted molar refractivity (Wildman–Crippen MR) is 186 cm³/mol. The molecule has 0 N–H and O–H groups in total. The standard InChI is InChI=1S/C41H28N4/c1-27-24-40(43-41(42-27)29-14-6-3-7-15-29)45-38-22-20-30(28-12-4-2-5-13-28)25-34(38)35-26-31(21-23-39(35)45)44-36-18-10-8-16-32(36)33-17-9-11-19-37(33)44/h2-26H,1H3. The average Bonchev–Trinajstić information content (AvgIpc) is 3.61. The minimum absolute atomic E-state index is 0.725. The van der Waals surface area contributed by atoms with Crippen molar-refractivity contribution < 1.29 is 0 Å². The summed E-state index contributed by atoms with van der Waals surface area (Å²) in [5.41, 5.74) is 10.1. The Morgan fingerprint density at radius 3 is 1.64 bits per heavy atom. The third kappa shape index (κ3) is 4.07. The van der Waals surface area contributed by atoms with Crippen LogP contribution in [0.25, 0.3) is 77.6 Å². The lowest BCUT2D eigenvalue weighted by molar-refractivity contribution is 1.02. The van der Waals surface area contributed by atoms with E-state index in [0.717, 1.165) is 39.6 Å². The fourth-order valence-corrected chi connectivity index (χ4v) is 6.79. The number of benzene rings is 6. The Balaban J connectivity index is 1.35. The molecule has 0 unspecified atom stereocenters. The van der Waals surface area contributed by atoms with E-state index in [2.05, 4.69) is 143 Å². The smallest absolute Gasteiger partial charge is 0.161 e. The molecule has 0 spiro atoms. The van der Waals surface area contributed by atoms with Crippen LogP contribution in [0.1, 0.15) is 5.69 Å². The van der Waals surface area contributed by atoms with Crippen molar-refractivity contribution in [3.8, 4) is 34.0 Å². The molecule has 0 aliphatic rings. The SMILES string of the molecule is Cc1cc(-n2c3ccc(-c4ccccc4)cc3c3cc(-n4c5ccccc5c5ccccc54)ccc32)nc(-c2ccccc2)n1. The number of hydrogen-bond acceptors (Lipinski definition) is 2. The summed E-state index contributed by atoms with van der Waals surface area (Å²) in [5.74, 6) is 1.59. The second-order valence-corrected chi connectivity index (χ2v) is 11.6. The Kier molecular flexibility index (Phi) is 5.69. The second kappa shape index (κ2) is 10.0. The first-order valence-corrected chi connectivity index (χ1v) is 15.3. The lowest BCUT2D eigenvalue weighted by atomic mass is 10.0. The quantitative estimate of drug-likeness (QED) is 0.209. The van der Waals surface area contributed by atoms with Crippen LogP contribution in [0.5, 0.6) is 0 Å². The Hall–Kier alpha value is -6.00. The van der Waals surface area contributed by atoms with Crippen molar-refractivity contribution in [1.82, 2.24) is 19.1 Å². The minimum Gasteiger partial charge on any atom is -0.309 e. The van der Waals surface area contributed by atoms with Gasteiger partial charge in [0, 0.05) is 44.6 Å². The Labute approximate surface area is 260 Å². The molecule has 6 aromatic carbocycles. The van der Waals surface area contributed by atoms with Crippen LogP contribution < -0.4 is 0 Å². The molecule has 3 aromatic heterocycles. The number of aromatic nitrogens is 4. The van der Waals surface area contributed by atoms with E-state index in [0.29, 0.717) is 0 Å². The molecule has 4 heteroatoms. The predicted octanol–water partition coefficient (Wildman–Crippen LogP) is 10.3. The van der Waals surface area contributed by atoms with E-state index in [9.17, 15) is 0 Å². The number of rotatable bonds is 4. The van der Waals surface area contributed by atoms with Crippen LogP contribution in [-0.4, -0.2) is 19.1 Å². The van der Waals surface area contributed by atoms with Gasteiger partial charge in [0.2, 0.25) is 0 Å². The van der Waals surface area contributed by atoms with Crippen molar-refractivity contribution in [2.45, 2.75) is 6.92 Å². The van der Waals surface area contributed by atoms with E-state index in [1.54, 1.807) is 0 Å². The van der Waals surface area contributed by atoms with Crippen molar-refractivity contribution >= 4 is 43.6 Å². The van der Waals surface area contributed by atoms with Gasteiger partial charge in [-0.15, -0.1) is 0 Å². The van der Waals surface area contributed by atoms with Gasteiger partial charge in [-0.3, -0.25) is 4.57 Å². The summed E-state index contributed by atoms with van der Waals surface area (Å²) in [6.45, 7) is 2.04. The number of hydrogen-bond donors (Lipinski definition) is 0. The molecule has 3 heterocycles. The van der Waals surface area contributed by atoms with Crippen LogP contribution in [-0.2, 0) is 0 Å². The molecule has 0 amide bonds. The molecule has 0 fully saturated rings. The highest BCUT2D eigenvalue weighted by Crippen LogP contribution is 2.38. The van der Waals surface area contributed by atoms with Gasteiger partial charge in [0.25, 0.3) is 0 Å². The molecule has 0 saturated carbocycles. The van der Waals surface area contributed by atoms with E-state index in [-0.39, 0.29) is 0 Å². The number of para-hydroxylation sites is 2. The molecule has 9 rings (SSSR count). The van der Waals surface area contributed by atoms with Gasteiger partial charge in [0.05, 0.1) is 22.1 Å². The zero-order chi connectivity index (χ0) is 29.9. The van der Waals surface area contributed by atoms with Crippen LogP contribution in [0, 0.1) is 6.92 Å². The van der Waals surface area contributed by atoms with Gasteiger partial charge >= 0.3 is 0 Å². The summed E-state index contributed by atoms with van der Waals surface area (Å²) in [4.78, 5) is 9.93. The highest BCUT2D eigenvalue weighted by molar-refractivity contribution is 6.12. The van der Waals surface area contributed by atoms with Gasteiger partial charge in [-0.05, 0) is 60.5 Å². The van der Waals surface area contributed by atoms with E-state index in [1.807, 2.05) is 25.1 Å². The van der Waals surface area contributed by atoms with E-state index in [4.69, 9.17) is 9.97 Å². The maximum absolute atomic E-state index is 5.13. The summed E-state index contributed by atoms with van der Waals surface area (Å²) >= 11 is 0. The van der Waals surface area contributed by atoms with Gasteiger partial charge in [0.1, 0.15) is 5.82 Å². The van der Waals surface area contributed by atoms with Crippen LogP contribution in [0.4, 0.5) is 0 Å². The van der Waals surface area contributed by atoms with Crippen molar-refractivity contribution in [2.75, 3.05) is 0 Å². The summed E-state index contributed by atoms with van der Waals surface area (Å²) < 4.78 is 4.67. The fourth-order valence-electron chi connectivity index (χ4n) is 6.79. The zero-order valence-corrected chi connectivity index (χ0v) is 24.7. The molecule has 212 valence electrons. The van der Waals surface area contributed by atoms with Crippen molar-refractivity contribution in [3.63, 3.8) is 0 Å². The third-order valence-corrected chi connectivity index (χ3v) is 8.80. The molecular weight excluding hydrogens is 548 g/mol. The summed E-state index contributed by atoms with van der Waals surface area (Å²) in [5, 5.41) is 4.88. The molecule has 4 nitrogen and oxygen atoms in total. The summed E-state index contributed by atoms with van der Waals surface area (Å²) in [6.07, 6.45) is 0. The first-order chi connectivity index (χ1) is 22.2. The van der Waals surface area contributed by atoms with Gasteiger partial charge in [0.15, 0.2) is 5.82 Å². The monoisotopic (exact) mass is 576 g/mol. The van der Waals surface area contributed by atoms with Crippen LogP contribution in [0.2, 0.25) is 0 Å². The zero-order valence-electron chi connectivity index (χ0n) is 24.7. The van der Waals surface area contributed by atoms with Crippen LogP contribution in [0.15, 0.2) is 152 Å². The van der Waals surface area contributed by atoms with Crippen LogP contribution >= 0.6 is 0 Å². The third-order valence-electron chi connectivity index (χ3n) is 8.80.